The molecule has 7 heteroatoms. The van der Waals surface area contributed by atoms with Crippen molar-refractivity contribution in [3.05, 3.63) is 59.8 Å². The molecule has 0 radical (unpaired) electrons. The summed E-state index contributed by atoms with van der Waals surface area (Å²) in [7, 11) is 3.85. The predicted molar refractivity (Wildman–Crippen MR) is 113 cm³/mol. The first-order valence-electron chi connectivity index (χ1n) is 9.99. The third-order valence-electron chi connectivity index (χ3n) is 5.26. The fourth-order valence-corrected chi connectivity index (χ4v) is 3.59. The van der Waals surface area contributed by atoms with Crippen molar-refractivity contribution in [3.8, 4) is 0 Å². The number of carbonyl (C=O) groups excluding carboxylic acids is 2. The first-order valence-corrected chi connectivity index (χ1v) is 9.99. The van der Waals surface area contributed by atoms with Gasteiger partial charge in [0.1, 0.15) is 11.4 Å². The van der Waals surface area contributed by atoms with Crippen LogP contribution in [-0.2, 0) is 17.9 Å². The van der Waals surface area contributed by atoms with Gasteiger partial charge in [-0.15, -0.1) is 0 Å². The molecule has 0 spiro atoms. The second-order valence-corrected chi connectivity index (χ2v) is 7.68. The van der Waals surface area contributed by atoms with Crippen molar-refractivity contribution in [1.29, 1.82) is 0 Å². The number of rotatable bonds is 7. The van der Waals surface area contributed by atoms with Gasteiger partial charge in [0.05, 0.1) is 0 Å². The van der Waals surface area contributed by atoms with Crippen LogP contribution < -0.4 is 20.9 Å². The van der Waals surface area contributed by atoms with Gasteiger partial charge in [-0.2, -0.15) is 0 Å². The highest BCUT2D eigenvalue weighted by Crippen LogP contribution is 2.30. The molecule has 1 fully saturated rings. The molecule has 7 nitrogen and oxygen atoms in total. The summed E-state index contributed by atoms with van der Waals surface area (Å²) in [6.45, 7) is 0.825. The molecule has 1 heterocycles. The van der Waals surface area contributed by atoms with Gasteiger partial charge in [0.25, 0.3) is 0 Å². The van der Waals surface area contributed by atoms with Gasteiger partial charge in [-0.25, -0.2) is 9.78 Å². The van der Waals surface area contributed by atoms with Crippen LogP contribution in [0.4, 0.5) is 10.6 Å². The van der Waals surface area contributed by atoms with Crippen LogP contribution in [0, 0.1) is 0 Å². The van der Waals surface area contributed by atoms with Crippen LogP contribution in [0.5, 0.6) is 0 Å². The molecular formula is C22H29N5O2. The maximum Gasteiger partial charge on any atom is 0.315 e. The summed E-state index contributed by atoms with van der Waals surface area (Å²) in [5.41, 5.74) is 1.14. The minimum absolute atomic E-state index is 0.131. The first-order chi connectivity index (χ1) is 14.0. The standard InChI is InChI=1S/C22H29N5O2/c1-27(2)19-14-18(10-13-23-19)16-24-20(28)22(11-6-7-12-22)26-21(29)25-15-17-8-4-3-5-9-17/h3-5,8-10,13-14H,6-7,11-12,15-16H2,1-2H3,(H,24,28)(H2,25,26,29). The molecule has 29 heavy (non-hydrogen) atoms. The number of hydrogen-bond donors (Lipinski definition) is 3. The zero-order valence-electron chi connectivity index (χ0n) is 17.1. The summed E-state index contributed by atoms with van der Waals surface area (Å²) in [4.78, 5) is 31.7. The molecule has 3 rings (SSSR count). The Bertz CT molecular complexity index is 832. The molecule has 154 valence electrons. The molecular weight excluding hydrogens is 366 g/mol. The van der Waals surface area contributed by atoms with Crippen LogP contribution in [-0.4, -0.2) is 36.6 Å². The Morgan fingerprint density at radius 1 is 1.00 bits per heavy atom. The number of nitrogens with zero attached hydrogens (tertiary/aromatic N) is 2. The zero-order valence-corrected chi connectivity index (χ0v) is 17.1. The molecule has 1 aromatic heterocycles. The van der Waals surface area contributed by atoms with E-state index in [-0.39, 0.29) is 11.9 Å². The Kier molecular flexibility index (Phi) is 6.69. The summed E-state index contributed by atoms with van der Waals surface area (Å²) < 4.78 is 0. The molecule has 0 unspecified atom stereocenters. The fourth-order valence-electron chi connectivity index (χ4n) is 3.59. The van der Waals surface area contributed by atoms with Crippen LogP contribution in [0.3, 0.4) is 0 Å². The quantitative estimate of drug-likeness (QED) is 0.673. The molecule has 1 saturated carbocycles. The molecule has 1 aliphatic rings. The van der Waals surface area contributed by atoms with Gasteiger partial charge >= 0.3 is 6.03 Å². The minimum atomic E-state index is -0.849. The molecule has 2 aromatic rings. The maximum atomic E-state index is 13.0. The van der Waals surface area contributed by atoms with E-state index in [2.05, 4.69) is 20.9 Å². The molecule has 1 aliphatic carbocycles. The lowest BCUT2D eigenvalue weighted by atomic mass is 9.96. The van der Waals surface area contributed by atoms with Gasteiger partial charge in [-0.1, -0.05) is 43.2 Å². The van der Waals surface area contributed by atoms with E-state index in [1.807, 2.05) is 61.5 Å². The molecule has 1 aromatic carbocycles. The van der Waals surface area contributed by atoms with Crippen molar-refractivity contribution >= 4 is 17.8 Å². The van der Waals surface area contributed by atoms with Crippen molar-refractivity contribution in [2.45, 2.75) is 44.3 Å². The lowest BCUT2D eigenvalue weighted by Crippen LogP contribution is -2.59. The van der Waals surface area contributed by atoms with Crippen LogP contribution in [0.25, 0.3) is 0 Å². The van der Waals surface area contributed by atoms with E-state index >= 15 is 0 Å². The summed E-state index contributed by atoms with van der Waals surface area (Å²) in [6, 6.07) is 13.2. The highest BCUT2D eigenvalue weighted by Gasteiger charge is 2.42. The van der Waals surface area contributed by atoms with Crippen molar-refractivity contribution in [2.24, 2.45) is 0 Å². The summed E-state index contributed by atoms with van der Waals surface area (Å²) in [5, 5.41) is 8.80. The number of aromatic nitrogens is 1. The number of anilines is 1. The van der Waals surface area contributed by atoms with Gasteiger partial charge < -0.3 is 20.9 Å². The summed E-state index contributed by atoms with van der Waals surface area (Å²) >= 11 is 0. The zero-order chi connectivity index (χ0) is 20.7. The molecule has 0 bridgehead atoms. The number of amides is 3. The highest BCUT2D eigenvalue weighted by atomic mass is 16.2. The SMILES string of the molecule is CN(C)c1cc(CNC(=O)C2(NC(=O)NCc3ccccc3)CCCC2)ccn1. The molecule has 0 atom stereocenters. The van der Waals surface area contributed by atoms with Crippen LogP contribution in [0.1, 0.15) is 36.8 Å². The summed E-state index contributed by atoms with van der Waals surface area (Å²) in [6.07, 6.45) is 4.88. The van der Waals surface area contributed by atoms with Gasteiger partial charge in [0, 0.05) is 33.4 Å². The van der Waals surface area contributed by atoms with Gasteiger partial charge in [0.2, 0.25) is 5.91 Å². The molecule has 0 saturated heterocycles. The Hall–Kier alpha value is -3.09. The maximum absolute atomic E-state index is 13.0. The van der Waals surface area contributed by atoms with E-state index in [1.54, 1.807) is 6.20 Å². The predicted octanol–water partition coefficient (Wildman–Crippen LogP) is 2.58. The summed E-state index contributed by atoms with van der Waals surface area (Å²) in [5.74, 6) is 0.707. The Morgan fingerprint density at radius 2 is 1.69 bits per heavy atom. The Balaban J connectivity index is 1.58. The number of nitrogens with one attached hydrogen (secondary N) is 3. The molecule has 3 amide bonds. The highest BCUT2D eigenvalue weighted by molar-refractivity contribution is 5.91. The third-order valence-corrected chi connectivity index (χ3v) is 5.26. The van der Waals surface area contributed by atoms with E-state index in [9.17, 15) is 9.59 Å². The topological polar surface area (TPSA) is 86.4 Å². The molecule has 0 aliphatic heterocycles. The van der Waals surface area contributed by atoms with E-state index in [4.69, 9.17) is 0 Å². The van der Waals surface area contributed by atoms with Crippen molar-refractivity contribution in [2.75, 3.05) is 19.0 Å². The average Bonchev–Trinajstić information content (AvgIpc) is 3.21. The molecule has 3 N–H and O–H groups in total. The van der Waals surface area contributed by atoms with E-state index in [0.29, 0.717) is 25.9 Å². The van der Waals surface area contributed by atoms with Crippen molar-refractivity contribution in [3.63, 3.8) is 0 Å². The van der Waals surface area contributed by atoms with Crippen LogP contribution in [0.15, 0.2) is 48.7 Å². The monoisotopic (exact) mass is 395 g/mol. The van der Waals surface area contributed by atoms with E-state index in [0.717, 1.165) is 29.8 Å². The third kappa shape index (κ3) is 5.47. The first kappa shape index (κ1) is 20.6. The van der Waals surface area contributed by atoms with Crippen LogP contribution >= 0.6 is 0 Å². The van der Waals surface area contributed by atoms with Crippen molar-refractivity contribution in [1.82, 2.24) is 20.9 Å². The second-order valence-electron chi connectivity index (χ2n) is 7.68. The lowest BCUT2D eigenvalue weighted by Gasteiger charge is -2.29. The normalized spacial score (nSPS) is 14.8. The lowest BCUT2D eigenvalue weighted by molar-refractivity contribution is -0.127. The number of hydrogen-bond acceptors (Lipinski definition) is 4. The van der Waals surface area contributed by atoms with Gasteiger partial charge in [0.15, 0.2) is 0 Å². The number of pyridine rings is 1. The minimum Gasteiger partial charge on any atom is -0.363 e. The Morgan fingerprint density at radius 3 is 2.38 bits per heavy atom. The number of carbonyl (C=O) groups is 2. The van der Waals surface area contributed by atoms with E-state index < -0.39 is 5.54 Å². The van der Waals surface area contributed by atoms with Gasteiger partial charge in [-0.05, 0) is 36.1 Å². The van der Waals surface area contributed by atoms with E-state index in [1.165, 1.54) is 0 Å². The Labute approximate surface area is 171 Å². The average molecular weight is 396 g/mol. The second kappa shape index (κ2) is 9.41. The smallest absolute Gasteiger partial charge is 0.315 e. The number of urea groups is 1. The fraction of sp³-hybridized carbons (Fsp3) is 0.409. The van der Waals surface area contributed by atoms with Gasteiger partial charge in [-0.3, -0.25) is 4.79 Å². The number of benzene rings is 1. The van der Waals surface area contributed by atoms with Crippen molar-refractivity contribution < 1.29 is 9.59 Å². The van der Waals surface area contributed by atoms with Crippen LogP contribution in [0.2, 0.25) is 0 Å². The largest absolute Gasteiger partial charge is 0.363 e.